The lowest BCUT2D eigenvalue weighted by molar-refractivity contribution is 0.343. The molecular formula is C20H22N2S. The largest absolute Gasteiger partial charge is 0.339 e. The van der Waals surface area contributed by atoms with Crippen LogP contribution in [0.5, 0.6) is 0 Å². The molecule has 1 aliphatic heterocycles. The molecule has 2 aromatic rings. The molecule has 0 aliphatic carbocycles. The number of para-hydroxylation sites is 1. The molecule has 0 saturated heterocycles. The summed E-state index contributed by atoms with van der Waals surface area (Å²) in [4.78, 5) is 7.26. The van der Waals surface area contributed by atoms with Crippen LogP contribution in [0.2, 0.25) is 0 Å². The van der Waals surface area contributed by atoms with Gasteiger partial charge in [0, 0.05) is 28.4 Å². The van der Waals surface area contributed by atoms with E-state index in [1.54, 1.807) is 0 Å². The van der Waals surface area contributed by atoms with Crippen molar-refractivity contribution in [1.82, 2.24) is 4.90 Å². The van der Waals surface area contributed by atoms with E-state index in [0.717, 1.165) is 18.7 Å². The average Bonchev–Trinajstić information content (AvgIpc) is 2.53. The number of nitrogens with zero attached hydrogens (tertiary/aromatic N) is 2. The maximum atomic E-state index is 5.61. The summed E-state index contributed by atoms with van der Waals surface area (Å²) < 4.78 is 0. The minimum Gasteiger partial charge on any atom is -0.339 e. The first-order chi connectivity index (χ1) is 11.1. The molecule has 0 saturated carbocycles. The summed E-state index contributed by atoms with van der Waals surface area (Å²) in [6.07, 6.45) is 5.61. The highest BCUT2D eigenvalue weighted by atomic mass is 32.2. The number of benzene rings is 2. The SMILES string of the molecule is C#Cc1ccc2c(c1)N(CC(C)CN(C)C)c1ccccc1S2. The number of anilines is 2. The minimum absolute atomic E-state index is 0.559. The van der Waals surface area contributed by atoms with E-state index in [-0.39, 0.29) is 0 Å². The predicted octanol–water partition coefficient (Wildman–Crippen LogP) is 4.47. The molecule has 3 heteroatoms. The van der Waals surface area contributed by atoms with Gasteiger partial charge < -0.3 is 9.80 Å². The third kappa shape index (κ3) is 3.39. The quantitative estimate of drug-likeness (QED) is 0.767. The summed E-state index contributed by atoms with van der Waals surface area (Å²) in [5, 5.41) is 0. The Labute approximate surface area is 143 Å². The fourth-order valence-electron chi connectivity index (χ4n) is 3.11. The first kappa shape index (κ1) is 16.0. The van der Waals surface area contributed by atoms with Crippen LogP contribution in [-0.2, 0) is 0 Å². The van der Waals surface area contributed by atoms with Gasteiger partial charge in [0.05, 0.1) is 11.4 Å². The Morgan fingerprint density at radius 2 is 1.87 bits per heavy atom. The van der Waals surface area contributed by atoms with Crippen molar-refractivity contribution < 1.29 is 0 Å². The number of hydrogen-bond donors (Lipinski definition) is 0. The maximum Gasteiger partial charge on any atom is 0.0565 e. The highest BCUT2D eigenvalue weighted by Crippen LogP contribution is 2.48. The monoisotopic (exact) mass is 322 g/mol. The standard InChI is InChI=1S/C20H22N2S/c1-5-16-10-11-20-18(12-16)22(14-15(2)13-21(3)4)17-8-6-7-9-19(17)23-20/h1,6-12,15H,13-14H2,2-4H3. The second kappa shape index (κ2) is 6.70. The molecule has 1 unspecified atom stereocenters. The molecule has 0 bridgehead atoms. The zero-order chi connectivity index (χ0) is 16.4. The van der Waals surface area contributed by atoms with Crippen molar-refractivity contribution >= 4 is 23.1 Å². The zero-order valence-corrected chi connectivity index (χ0v) is 14.7. The van der Waals surface area contributed by atoms with Crippen LogP contribution in [0.3, 0.4) is 0 Å². The topological polar surface area (TPSA) is 6.48 Å². The number of fused-ring (bicyclic) bond motifs is 2. The second-order valence-electron chi connectivity index (χ2n) is 6.37. The third-order valence-electron chi connectivity index (χ3n) is 3.96. The van der Waals surface area contributed by atoms with Crippen molar-refractivity contribution in [3.8, 4) is 12.3 Å². The molecule has 2 nitrogen and oxygen atoms in total. The Bertz CT molecular complexity index is 746. The lowest BCUT2D eigenvalue weighted by atomic mass is 10.1. The first-order valence-corrected chi connectivity index (χ1v) is 8.70. The van der Waals surface area contributed by atoms with E-state index in [1.807, 2.05) is 17.8 Å². The van der Waals surface area contributed by atoms with Crippen LogP contribution in [0.15, 0.2) is 52.3 Å². The lowest BCUT2D eigenvalue weighted by Crippen LogP contribution is -2.31. The van der Waals surface area contributed by atoms with Crippen LogP contribution in [0, 0.1) is 18.3 Å². The summed E-state index contributed by atoms with van der Waals surface area (Å²) in [6, 6.07) is 14.9. The number of hydrogen-bond acceptors (Lipinski definition) is 3. The molecule has 1 aliphatic rings. The maximum absolute atomic E-state index is 5.61. The lowest BCUT2D eigenvalue weighted by Gasteiger charge is -2.35. The fourth-order valence-corrected chi connectivity index (χ4v) is 4.18. The van der Waals surface area contributed by atoms with Crippen molar-refractivity contribution in [2.24, 2.45) is 5.92 Å². The van der Waals surface area contributed by atoms with Crippen LogP contribution in [-0.4, -0.2) is 32.1 Å². The molecule has 2 aromatic carbocycles. The van der Waals surface area contributed by atoms with Crippen LogP contribution in [0.4, 0.5) is 11.4 Å². The zero-order valence-electron chi connectivity index (χ0n) is 13.9. The van der Waals surface area contributed by atoms with Crippen molar-refractivity contribution in [3.63, 3.8) is 0 Å². The highest BCUT2D eigenvalue weighted by molar-refractivity contribution is 7.99. The summed E-state index contributed by atoms with van der Waals surface area (Å²) in [6.45, 7) is 4.35. The Kier molecular flexibility index (Phi) is 4.66. The van der Waals surface area contributed by atoms with Gasteiger partial charge in [0.2, 0.25) is 0 Å². The molecule has 118 valence electrons. The van der Waals surface area contributed by atoms with E-state index >= 15 is 0 Å². The molecule has 23 heavy (non-hydrogen) atoms. The van der Waals surface area contributed by atoms with Crippen molar-refractivity contribution in [2.45, 2.75) is 16.7 Å². The minimum atomic E-state index is 0.559. The summed E-state index contributed by atoms with van der Waals surface area (Å²) in [5.74, 6) is 3.32. The van der Waals surface area contributed by atoms with E-state index in [4.69, 9.17) is 6.42 Å². The summed E-state index contributed by atoms with van der Waals surface area (Å²) in [7, 11) is 4.25. The summed E-state index contributed by atoms with van der Waals surface area (Å²) in [5.41, 5.74) is 3.45. The molecule has 1 heterocycles. The molecule has 0 fully saturated rings. The van der Waals surface area contributed by atoms with Crippen LogP contribution in [0.25, 0.3) is 0 Å². The molecular weight excluding hydrogens is 300 g/mol. The van der Waals surface area contributed by atoms with Crippen molar-refractivity contribution in [2.75, 3.05) is 32.1 Å². The van der Waals surface area contributed by atoms with E-state index in [2.05, 4.69) is 73.1 Å². The molecule has 1 atom stereocenters. The molecule has 0 spiro atoms. The molecule has 3 rings (SSSR count). The van der Waals surface area contributed by atoms with E-state index in [0.29, 0.717) is 5.92 Å². The second-order valence-corrected chi connectivity index (χ2v) is 7.46. The Hall–Kier alpha value is -1.89. The van der Waals surface area contributed by atoms with Crippen molar-refractivity contribution in [1.29, 1.82) is 0 Å². The predicted molar refractivity (Wildman–Crippen MR) is 99.7 cm³/mol. The Morgan fingerprint density at radius 1 is 1.13 bits per heavy atom. The van der Waals surface area contributed by atoms with Crippen LogP contribution >= 0.6 is 11.8 Å². The van der Waals surface area contributed by atoms with Gasteiger partial charge in [-0.05, 0) is 50.3 Å². The highest BCUT2D eigenvalue weighted by Gasteiger charge is 2.24. The van der Waals surface area contributed by atoms with E-state index in [1.165, 1.54) is 21.2 Å². The smallest absolute Gasteiger partial charge is 0.0565 e. The van der Waals surface area contributed by atoms with Gasteiger partial charge in [0.25, 0.3) is 0 Å². The van der Waals surface area contributed by atoms with Gasteiger partial charge >= 0.3 is 0 Å². The third-order valence-corrected chi connectivity index (χ3v) is 5.09. The summed E-state index contributed by atoms with van der Waals surface area (Å²) >= 11 is 1.83. The molecule has 0 amide bonds. The van der Waals surface area contributed by atoms with E-state index < -0.39 is 0 Å². The van der Waals surface area contributed by atoms with Gasteiger partial charge in [-0.1, -0.05) is 36.7 Å². The van der Waals surface area contributed by atoms with Gasteiger partial charge in [-0.2, -0.15) is 0 Å². The molecule has 0 N–H and O–H groups in total. The van der Waals surface area contributed by atoms with Gasteiger partial charge in [-0.25, -0.2) is 0 Å². The molecule has 0 aromatic heterocycles. The van der Waals surface area contributed by atoms with Crippen molar-refractivity contribution in [3.05, 3.63) is 48.0 Å². The Balaban J connectivity index is 2.01. The molecule has 0 radical (unpaired) electrons. The van der Waals surface area contributed by atoms with E-state index in [9.17, 15) is 0 Å². The first-order valence-electron chi connectivity index (χ1n) is 7.88. The Morgan fingerprint density at radius 3 is 2.61 bits per heavy atom. The number of terminal acetylenes is 1. The normalized spacial score (nSPS) is 14.1. The van der Waals surface area contributed by atoms with Crippen LogP contribution in [0.1, 0.15) is 12.5 Å². The average molecular weight is 322 g/mol. The number of rotatable bonds is 4. The fraction of sp³-hybridized carbons (Fsp3) is 0.300. The van der Waals surface area contributed by atoms with Gasteiger partial charge in [-0.15, -0.1) is 6.42 Å². The van der Waals surface area contributed by atoms with Crippen LogP contribution < -0.4 is 4.90 Å². The van der Waals surface area contributed by atoms with Gasteiger partial charge in [0.1, 0.15) is 0 Å². The van der Waals surface area contributed by atoms with Gasteiger partial charge in [-0.3, -0.25) is 0 Å². The van der Waals surface area contributed by atoms with Gasteiger partial charge in [0.15, 0.2) is 0 Å².